The van der Waals surface area contributed by atoms with E-state index in [1.165, 1.54) is 6.07 Å². The van der Waals surface area contributed by atoms with Crippen LogP contribution in [0.3, 0.4) is 0 Å². The molecule has 8 heteroatoms. The number of amidine groups is 1. The highest BCUT2D eigenvalue weighted by Gasteiger charge is 2.25. The zero-order valence-corrected chi connectivity index (χ0v) is 14.5. The molecule has 1 amide bonds. The molecule has 1 atom stereocenters. The molecular formula is C17H19N3O4S. The van der Waals surface area contributed by atoms with Gasteiger partial charge < -0.3 is 15.1 Å². The second kappa shape index (κ2) is 7.10. The van der Waals surface area contributed by atoms with Gasteiger partial charge in [-0.05, 0) is 30.2 Å². The molecule has 0 unspecified atom stereocenters. The Hall–Kier alpha value is -2.61. The lowest BCUT2D eigenvalue weighted by Crippen LogP contribution is -2.27. The Labute approximate surface area is 146 Å². The lowest BCUT2D eigenvalue weighted by Gasteiger charge is -2.20. The van der Waals surface area contributed by atoms with Crippen LogP contribution >= 0.6 is 0 Å². The molecule has 3 rings (SSSR count). The van der Waals surface area contributed by atoms with Crippen molar-refractivity contribution in [3.05, 3.63) is 48.4 Å². The van der Waals surface area contributed by atoms with Crippen molar-refractivity contribution < 1.29 is 17.6 Å². The molecule has 2 N–H and O–H groups in total. The summed E-state index contributed by atoms with van der Waals surface area (Å²) < 4.78 is 33.4. The summed E-state index contributed by atoms with van der Waals surface area (Å²) in [7, 11) is -3.69. The fourth-order valence-corrected chi connectivity index (χ4v) is 3.80. The number of para-hydroxylation sites is 1. The van der Waals surface area contributed by atoms with Crippen LogP contribution in [0.15, 0.2) is 56.4 Å². The zero-order chi connectivity index (χ0) is 17.9. The smallest absolute Gasteiger partial charge is 0.286 e. The largest absolute Gasteiger partial charge is 0.467 e. The van der Waals surface area contributed by atoms with Crippen LogP contribution in [-0.4, -0.2) is 20.2 Å². The fraction of sp³-hybridized carbons (Fsp3) is 0.294. The molecule has 1 aromatic carbocycles. The number of hydrogen-bond donors (Lipinski definition) is 2. The van der Waals surface area contributed by atoms with Crippen molar-refractivity contribution in [2.24, 2.45) is 10.3 Å². The van der Waals surface area contributed by atoms with Gasteiger partial charge in [-0.2, -0.15) is 8.42 Å². The van der Waals surface area contributed by atoms with Crippen LogP contribution in [0.4, 0.5) is 5.69 Å². The summed E-state index contributed by atoms with van der Waals surface area (Å²) in [6.07, 6.45) is 2.18. The zero-order valence-electron chi connectivity index (χ0n) is 13.7. The van der Waals surface area contributed by atoms with Gasteiger partial charge in [0.2, 0.25) is 5.91 Å². The second-order valence-corrected chi connectivity index (χ2v) is 7.58. The van der Waals surface area contributed by atoms with Gasteiger partial charge in [0, 0.05) is 12.8 Å². The molecule has 1 aliphatic rings. The summed E-state index contributed by atoms with van der Waals surface area (Å²) in [6.45, 7) is 2.21. The number of carbonyl (C=O) groups is 1. The number of sulfonamides is 1. The van der Waals surface area contributed by atoms with Crippen LogP contribution in [-0.2, 0) is 21.4 Å². The molecule has 2 heterocycles. The van der Waals surface area contributed by atoms with Gasteiger partial charge in [0.1, 0.15) is 16.5 Å². The molecule has 7 nitrogen and oxygen atoms in total. The van der Waals surface area contributed by atoms with Gasteiger partial charge in [-0.3, -0.25) is 4.79 Å². The maximum Gasteiger partial charge on any atom is 0.286 e. The number of benzene rings is 1. The van der Waals surface area contributed by atoms with Gasteiger partial charge in [-0.15, -0.1) is 4.40 Å². The molecule has 0 spiro atoms. The number of fused-ring (bicyclic) bond motifs is 1. The molecule has 0 bridgehead atoms. The highest BCUT2D eigenvalue weighted by Crippen LogP contribution is 2.28. The molecule has 132 valence electrons. The van der Waals surface area contributed by atoms with E-state index < -0.39 is 10.0 Å². The lowest BCUT2D eigenvalue weighted by atomic mass is 10.0. The van der Waals surface area contributed by atoms with Gasteiger partial charge in [-0.25, -0.2) is 0 Å². The van der Waals surface area contributed by atoms with E-state index in [-0.39, 0.29) is 23.1 Å². The first-order chi connectivity index (χ1) is 11.9. The molecule has 0 aliphatic carbocycles. The molecule has 1 aromatic heterocycles. The minimum atomic E-state index is -3.69. The maximum atomic E-state index is 12.2. The Kier molecular flexibility index (Phi) is 4.89. The third kappa shape index (κ3) is 4.27. The van der Waals surface area contributed by atoms with E-state index in [0.717, 1.165) is 0 Å². The van der Waals surface area contributed by atoms with Gasteiger partial charge >= 0.3 is 0 Å². The summed E-state index contributed by atoms with van der Waals surface area (Å²) in [4.78, 5) is 12.2. The molecule has 25 heavy (non-hydrogen) atoms. The first-order valence-electron chi connectivity index (χ1n) is 7.93. The Morgan fingerprint density at radius 3 is 2.84 bits per heavy atom. The van der Waals surface area contributed by atoms with Crippen molar-refractivity contribution in [2.75, 3.05) is 5.32 Å². The number of rotatable bonds is 6. The van der Waals surface area contributed by atoms with Crippen LogP contribution in [0.2, 0.25) is 0 Å². The molecule has 0 radical (unpaired) electrons. The average molecular weight is 361 g/mol. The quantitative estimate of drug-likeness (QED) is 0.823. The van der Waals surface area contributed by atoms with Gasteiger partial charge in [-0.1, -0.05) is 19.1 Å². The molecule has 0 saturated carbocycles. The van der Waals surface area contributed by atoms with Gasteiger partial charge in [0.05, 0.1) is 18.5 Å². The van der Waals surface area contributed by atoms with Crippen LogP contribution in [0.1, 0.15) is 25.5 Å². The van der Waals surface area contributed by atoms with Crippen LogP contribution < -0.4 is 10.6 Å². The van der Waals surface area contributed by atoms with E-state index in [9.17, 15) is 13.2 Å². The van der Waals surface area contributed by atoms with Gasteiger partial charge in [0.25, 0.3) is 10.0 Å². The Morgan fingerprint density at radius 1 is 1.28 bits per heavy atom. The summed E-state index contributed by atoms with van der Waals surface area (Å²) in [5.41, 5.74) is 0.516. The lowest BCUT2D eigenvalue weighted by molar-refractivity contribution is -0.122. The van der Waals surface area contributed by atoms with E-state index in [1.807, 2.05) is 6.92 Å². The Bertz CT molecular complexity index is 888. The normalized spacial score (nSPS) is 16.3. The predicted molar refractivity (Wildman–Crippen MR) is 93.6 cm³/mol. The van der Waals surface area contributed by atoms with E-state index in [0.29, 0.717) is 30.2 Å². The summed E-state index contributed by atoms with van der Waals surface area (Å²) in [6, 6.07) is 10.2. The van der Waals surface area contributed by atoms with Crippen molar-refractivity contribution in [3.8, 4) is 0 Å². The fourth-order valence-electron chi connectivity index (χ4n) is 2.65. The first-order valence-corrected chi connectivity index (χ1v) is 9.37. The summed E-state index contributed by atoms with van der Waals surface area (Å²) in [5.74, 6) is 0.846. The predicted octanol–water partition coefficient (Wildman–Crippen LogP) is 2.53. The second-order valence-electron chi connectivity index (χ2n) is 6.00. The van der Waals surface area contributed by atoms with Crippen LogP contribution in [0.5, 0.6) is 0 Å². The highest BCUT2D eigenvalue weighted by atomic mass is 32.2. The van der Waals surface area contributed by atoms with Crippen LogP contribution in [0.25, 0.3) is 0 Å². The first kappa shape index (κ1) is 17.2. The van der Waals surface area contributed by atoms with E-state index in [1.54, 1.807) is 36.6 Å². The number of anilines is 1. The van der Waals surface area contributed by atoms with Crippen molar-refractivity contribution in [3.63, 3.8) is 0 Å². The van der Waals surface area contributed by atoms with E-state index >= 15 is 0 Å². The maximum absolute atomic E-state index is 12.2. The highest BCUT2D eigenvalue weighted by molar-refractivity contribution is 7.90. The third-order valence-corrected chi connectivity index (χ3v) is 5.16. The number of hydrogen-bond acceptors (Lipinski definition) is 5. The SMILES string of the molecule is C[C@@H](CC(=O)NCc1ccco1)CC1=NS(=O)(=O)c2ccccc2N1. The average Bonchev–Trinajstić information content (AvgIpc) is 3.05. The molecule has 2 aromatic rings. The monoisotopic (exact) mass is 361 g/mol. The van der Waals surface area contributed by atoms with E-state index in [4.69, 9.17) is 4.42 Å². The van der Waals surface area contributed by atoms with Crippen molar-refractivity contribution >= 4 is 27.5 Å². The number of nitrogens with one attached hydrogen (secondary N) is 2. The minimum Gasteiger partial charge on any atom is -0.467 e. The Morgan fingerprint density at radius 2 is 2.08 bits per heavy atom. The Balaban J connectivity index is 1.57. The molecule has 1 aliphatic heterocycles. The van der Waals surface area contributed by atoms with E-state index in [2.05, 4.69) is 15.0 Å². The summed E-state index contributed by atoms with van der Waals surface area (Å²) >= 11 is 0. The van der Waals surface area contributed by atoms with Gasteiger partial charge in [0.15, 0.2) is 0 Å². The van der Waals surface area contributed by atoms with Crippen molar-refractivity contribution in [1.29, 1.82) is 0 Å². The molecule has 0 saturated heterocycles. The molecular weight excluding hydrogens is 342 g/mol. The number of carbonyl (C=O) groups excluding carboxylic acids is 1. The number of amides is 1. The minimum absolute atomic E-state index is 0.0664. The topological polar surface area (TPSA) is 101 Å². The third-order valence-electron chi connectivity index (χ3n) is 3.79. The number of furan rings is 1. The number of nitrogens with zero attached hydrogens (tertiary/aromatic N) is 1. The standard InChI is InChI=1S/C17H19N3O4S/c1-12(10-17(21)18-11-13-5-4-8-24-13)9-16-19-14-6-2-3-7-15(14)25(22,23)20-16/h2-8,12H,9-11H2,1H3,(H,18,21)(H,19,20)/t12-/m1/s1. The van der Waals surface area contributed by atoms with Crippen LogP contribution in [0, 0.1) is 5.92 Å². The van der Waals surface area contributed by atoms with Crippen molar-refractivity contribution in [1.82, 2.24) is 5.32 Å². The molecule has 0 fully saturated rings. The van der Waals surface area contributed by atoms with Crippen molar-refractivity contribution in [2.45, 2.75) is 31.2 Å². The summed E-state index contributed by atoms with van der Waals surface area (Å²) in [5, 5.41) is 5.81.